The molecule has 1 atom stereocenters. The van der Waals surface area contributed by atoms with Crippen LogP contribution < -0.4 is 4.90 Å². The minimum Gasteiger partial charge on any atom is -0.456 e. The lowest BCUT2D eigenvalue weighted by molar-refractivity contribution is 0.588. The Bertz CT molecular complexity index is 2940. The predicted octanol–water partition coefficient (Wildman–Crippen LogP) is 14.1. The van der Waals surface area contributed by atoms with Crippen LogP contribution in [0, 0.1) is 5.41 Å². The number of nitrogens with zero attached hydrogens (tertiary/aromatic N) is 1. The zero-order chi connectivity index (χ0) is 36.9. The van der Waals surface area contributed by atoms with Crippen LogP contribution in [0.3, 0.4) is 0 Å². The Labute approximate surface area is 322 Å². The largest absolute Gasteiger partial charge is 0.456 e. The molecule has 1 aromatic heterocycles. The fourth-order valence-corrected chi connectivity index (χ4v) is 9.61. The third-order valence-electron chi connectivity index (χ3n) is 12.0. The summed E-state index contributed by atoms with van der Waals surface area (Å²) in [7, 11) is 0. The number of furan rings is 1. The highest BCUT2D eigenvalue weighted by atomic mass is 16.3. The van der Waals surface area contributed by atoms with Crippen molar-refractivity contribution in [3.63, 3.8) is 0 Å². The molecule has 2 nitrogen and oxygen atoms in total. The molecule has 0 bridgehead atoms. The molecule has 2 heteroatoms. The molecule has 1 heterocycles. The van der Waals surface area contributed by atoms with Gasteiger partial charge in [-0.3, -0.25) is 0 Å². The van der Waals surface area contributed by atoms with Crippen LogP contribution in [0.15, 0.2) is 191 Å². The summed E-state index contributed by atoms with van der Waals surface area (Å²) in [5, 5.41) is 2.26. The van der Waals surface area contributed by atoms with Gasteiger partial charge < -0.3 is 9.32 Å². The number of hydrogen-bond acceptors (Lipinski definition) is 2. The van der Waals surface area contributed by atoms with Crippen LogP contribution in [-0.2, 0) is 5.41 Å². The molecule has 0 radical (unpaired) electrons. The second-order valence-electron chi connectivity index (χ2n) is 16.1. The number of fused-ring (bicyclic) bond motifs is 11. The lowest BCUT2D eigenvalue weighted by atomic mass is 9.63. The number of hydrogen-bond donors (Lipinski definition) is 0. The van der Waals surface area contributed by atoms with Crippen LogP contribution in [0.5, 0.6) is 0 Å². The maximum Gasteiger partial charge on any atom is 0.136 e. The van der Waals surface area contributed by atoms with Gasteiger partial charge in [-0.15, -0.1) is 0 Å². The Kier molecular flexibility index (Phi) is 6.76. The van der Waals surface area contributed by atoms with Gasteiger partial charge in [0.1, 0.15) is 11.2 Å². The number of benzene rings is 6. The quantitative estimate of drug-likeness (QED) is 0.181. The van der Waals surface area contributed by atoms with E-state index in [2.05, 4.69) is 202 Å². The van der Waals surface area contributed by atoms with Crippen molar-refractivity contribution in [1.82, 2.24) is 0 Å². The van der Waals surface area contributed by atoms with Crippen molar-refractivity contribution in [2.24, 2.45) is 5.41 Å². The fraction of sp³-hybridized carbons (Fsp3) is 0.0943. The average Bonchev–Trinajstić information content (AvgIpc) is 3.91. The van der Waals surface area contributed by atoms with Crippen LogP contribution in [0.1, 0.15) is 48.6 Å². The molecule has 6 aromatic carbocycles. The molecule has 7 aromatic rings. The molecule has 4 aliphatic carbocycles. The van der Waals surface area contributed by atoms with Gasteiger partial charge in [0.25, 0.3) is 0 Å². The highest BCUT2D eigenvalue weighted by Crippen LogP contribution is 2.64. The van der Waals surface area contributed by atoms with Gasteiger partial charge in [0.15, 0.2) is 0 Å². The minimum atomic E-state index is -0.599. The summed E-state index contributed by atoms with van der Waals surface area (Å²) < 4.78 is 6.46. The van der Waals surface area contributed by atoms with Crippen molar-refractivity contribution < 1.29 is 4.42 Å². The average molecular weight is 706 g/mol. The fourth-order valence-electron chi connectivity index (χ4n) is 9.61. The number of rotatable bonds is 4. The van der Waals surface area contributed by atoms with E-state index in [1.165, 1.54) is 61.5 Å². The molecular formula is C53H39NO. The molecule has 1 spiro atoms. The molecule has 0 amide bonds. The zero-order valence-electron chi connectivity index (χ0n) is 31.2. The summed E-state index contributed by atoms with van der Waals surface area (Å²) in [6.45, 7) is 6.97. The smallest absolute Gasteiger partial charge is 0.136 e. The van der Waals surface area contributed by atoms with E-state index >= 15 is 0 Å². The van der Waals surface area contributed by atoms with Crippen LogP contribution >= 0.6 is 0 Å². The summed E-state index contributed by atoms with van der Waals surface area (Å²) in [5.41, 5.74) is 18.4. The van der Waals surface area contributed by atoms with Crippen LogP contribution in [0.25, 0.3) is 56.4 Å². The third kappa shape index (κ3) is 4.55. The van der Waals surface area contributed by atoms with Crippen molar-refractivity contribution in [3.8, 4) is 11.1 Å². The Morgan fingerprint density at radius 2 is 1.09 bits per heavy atom. The third-order valence-corrected chi connectivity index (χ3v) is 12.0. The first-order valence-electron chi connectivity index (χ1n) is 19.3. The van der Waals surface area contributed by atoms with E-state index in [9.17, 15) is 0 Å². The highest BCUT2D eigenvalue weighted by Gasteiger charge is 2.51. The SMILES string of the molecule is CC(C)(C)c1ccccc1N(C1=CC=C2C(=Cc3ccccc32)C12C=CC=C1C2=Cc2ccccc21)c1ccccc1-c1cccc2oc3ccccc3c12. The van der Waals surface area contributed by atoms with Crippen LogP contribution in [-0.4, -0.2) is 0 Å². The first-order valence-corrected chi connectivity index (χ1v) is 19.3. The van der Waals surface area contributed by atoms with Crippen molar-refractivity contribution in [2.45, 2.75) is 26.2 Å². The minimum absolute atomic E-state index is 0.132. The van der Waals surface area contributed by atoms with E-state index in [4.69, 9.17) is 4.42 Å². The van der Waals surface area contributed by atoms with Crippen LogP contribution in [0.4, 0.5) is 11.4 Å². The molecule has 0 fully saturated rings. The van der Waals surface area contributed by atoms with E-state index in [-0.39, 0.29) is 5.41 Å². The van der Waals surface area contributed by atoms with Gasteiger partial charge in [-0.05, 0) is 104 Å². The molecule has 55 heavy (non-hydrogen) atoms. The normalized spacial score (nSPS) is 17.9. The van der Waals surface area contributed by atoms with Gasteiger partial charge in [-0.1, -0.05) is 160 Å². The van der Waals surface area contributed by atoms with Gasteiger partial charge in [-0.25, -0.2) is 0 Å². The van der Waals surface area contributed by atoms with E-state index in [1.54, 1.807) is 0 Å². The van der Waals surface area contributed by atoms with Gasteiger partial charge in [0.2, 0.25) is 0 Å². The molecule has 0 aliphatic heterocycles. The zero-order valence-corrected chi connectivity index (χ0v) is 31.2. The van der Waals surface area contributed by atoms with E-state index in [0.717, 1.165) is 38.8 Å². The lowest BCUT2D eigenvalue weighted by Gasteiger charge is -2.47. The monoisotopic (exact) mass is 705 g/mol. The summed E-state index contributed by atoms with van der Waals surface area (Å²) in [6, 6.07) is 50.5. The van der Waals surface area contributed by atoms with Gasteiger partial charge >= 0.3 is 0 Å². The second kappa shape index (κ2) is 11.7. The summed E-state index contributed by atoms with van der Waals surface area (Å²) in [4.78, 5) is 2.59. The van der Waals surface area contributed by atoms with Gasteiger partial charge in [0.05, 0.1) is 11.1 Å². The number of anilines is 2. The number of para-hydroxylation sites is 3. The van der Waals surface area contributed by atoms with Crippen molar-refractivity contribution in [2.75, 3.05) is 4.90 Å². The van der Waals surface area contributed by atoms with Gasteiger partial charge in [0, 0.05) is 27.7 Å². The molecule has 0 N–H and O–H groups in total. The van der Waals surface area contributed by atoms with E-state index in [0.29, 0.717) is 0 Å². The lowest BCUT2D eigenvalue weighted by Crippen LogP contribution is -2.38. The summed E-state index contributed by atoms with van der Waals surface area (Å²) in [6.07, 6.45) is 16.8. The predicted molar refractivity (Wildman–Crippen MR) is 231 cm³/mol. The first kappa shape index (κ1) is 31.8. The Balaban J connectivity index is 1.24. The maximum atomic E-state index is 6.46. The van der Waals surface area contributed by atoms with Crippen molar-refractivity contribution in [3.05, 3.63) is 215 Å². The Morgan fingerprint density at radius 1 is 0.509 bits per heavy atom. The molecule has 11 rings (SSSR count). The molecular weight excluding hydrogens is 667 g/mol. The highest BCUT2D eigenvalue weighted by molar-refractivity contribution is 6.14. The first-order chi connectivity index (χ1) is 26.9. The summed E-state index contributed by atoms with van der Waals surface area (Å²) in [5.74, 6) is 0. The molecule has 262 valence electrons. The Morgan fingerprint density at radius 3 is 1.84 bits per heavy atom. The van der Waals surface area contributed by atoms with Gasteiger partial charge in [-0.2, -0.15) is 0 Å². The Hall–Kier alpha value is -6.64. The number of allylic oxidation sites excluding steroid dienone is 7. The molecule has 0 saturated carbocycles. The topological polar surface area (TPSA) is 16.4 Å². The molecule has 4 aliphatic rings. The molecule has 0 saturated heterocycles. The van der Waals surface area contributed by atoms with Crippen LogP contribution in [0.2, 0.25) is 0 Å². The molecule has 1 unspecified atom stereocenters. The standard InChI is InChI=1S/C53H39NO/c1-52(2,3)43-24-10-12-26-47(43)54(46-25-11-8-20-40(46)41-22-14-28-49-51(41)42-21-9-13-27-48(42)55-49)50-30-29-39-37-19-7-5-17-35(37)33-45(39)53(50)31-15-23-38-36-18-6-4-16-34(36)32-44(38)53/h4-33H,1-3H3. The summed E-state index contributed by atoms with van der Waals surface area (Å²) >= 11 is 0. The second-order valence-corrected chi connectivity index (χ2v) is 16.1. The van der Waals surface area contributed by atoms with E-state index < -0.39 is 5.41 Å². The van der Waals surface area contributed by atoms with Crippen molar-refractivity contribution >= 4 is 56.6 Å². The maximum absolute atomic E-state index is 6.46. The van der Waals surface area contributed by atoms with E-state index in [1.807, 2.05) is 6.07 Å². The van der Waals surface area contributed by atoms with Crippen molar-refractivity contribution in [1.29, 1.82) is 0 Å².